The molecule has 0 saturated heterocycles. The van der Waals surface area contributed by atoms with Gasteiger partial charge in [0, 0.05) is 36.1 Å². The van der Waals surface area contributed by atoms with Crippen LogP contribution in [0.5, 0.6) is 5.75 Å². The molecular formula is C20H28N4OS. The molecule has 5 nitrogen and oxygen atoms in total. The minimum absolute atomic E-state index is 0.364. The van der Waals surface area contributed by atoms with E-state index in [1.807, 2.05) is 12.3 Å². The van der Waals surface area contributed by atoms with E-state index < -0.39 is 0 Å². The Labute approximate surface area is 159 Å². The van der Waals surface area contributed by atoms with Gasteiger partial charge in [0.25, 0.3) is 0 Å². The largest absolute Gasteiger partial charge is 0.508 e. The van der Waals surface area contributed by atoms with Crippen LogP contribution in [0.4, 0.5) is 0 Å². The van der Waals surface area contributed by atoms with Crippen LogP contribution in [0.15, 0.2) is 23.3 Å². The summed E-state index contributed by atoms with van der Waals surface area (Å²) in [6.07, 6.45) is 7.38. The zero-order valence-electron chi connectivity index (χ0n) is 15.6. The fraction of sp³-hybridized carbons (Fsp3) is 0.500. The summed E-state index contributed by atoms with van der Waals surface area (Å²) in [4.78, 5) is 10.3. The molecule has 1 aliphatic carbocycles. The van der Waals surface area contributed by atoms with Crippen molar-refractivity contribution in [2.24, 2.45) is 4.99 Å². The molecule has 1 heterocycles. The van der Waals surface area contributed by atoms with Crippen LogP contribution in [-0.4, -0.2) is 29.1 Å². The van der Waals surface area contributed by atoms with Crippen LogP contribution < -0.4 is 10.6 Å². The Morgan fingerprint density at radius 1 is 1.27 bits per heavy atom. The van der Waals surface area contributed by atoms with E-state index in [1.54, 1.807) is 11.3 Å². The van der Waals surface area contributed by atoms with Gasteiger partial charge in [-0.3, -0.25) is 0 Å². The maximum absolute atomic E-state index is 10.3. The van der Waals surface area contributed by atoms with Crippen LogP contribution in [0, 0.1) is 6.92 Å². The first kappa shape index (κ1) is 18.7. The number of aliphatic imine (C=N–C) groups is 1. The molecule has 3 rings (SSSR count). The highest BCUT2D eigenvalue weighted by Crippen LogP contribution is 2.31. The van der Waals surface area contributed by atoms with E-state index >= 15 is 0 Å². The van der Waals surface area contributed by atoms with Crippen LogP contribution in [0.1, 0.15) is 46.3 Å². The molecule has 0 radical (unpaired) electrons. The summed E-state index contributed by atoms with van der Waals surface area (Å²) in [5.41, 5.74) is 3.65. The third kappa shape index (κ3) is 4.75. The summed E-state index contributed by atoms with van der Waals surface area (Å²) in [6.45, 7) is 6.23. The molecule has 0 spiro atoms. The number of phenols is 1. The molecule has 0 fully saturated rings. The lowest BCUT2D eigenvalue weighted by Gasteiger charge is -2.20. The molecule has 0 amide bonds. The van der Waals surface area contributed by atoms with Crippen molar-refractivity contribution < 1.29 is 5.11 Å². The number of nitrogens with zero attached hydrogens (tertiary/aromatic N) is 2. The predicted molar refractivity (Wildman–Crippen MR) is 108 cm³/mol. The van der Waals surface area contributed by atoms with Gasteiger partial charge in [-0.15, -0.1) is 11.3 Å². The van der Waals surface area contributed by atoms with E-state index in [1.165, 1.54) is 28.8 Å². The van der Waals surface area contributed by atoms with Gasteiger partial charge in [0.05, 0.1) is 11.6 Å². The fourth-order valence-electron chi connectivity index (χ4n) is 3.37. The second-order valence-corrected chi connectivity index (χ2v) is 7.96. The molecule has 6 heteroatoms. The Morgan fingerprint density at radius 3 is 2.88 bits per heavy atom. The van der Waals surface area contributed by atoms with Crippen LogP contribution in [0.25, 0.3) is 0 Å². The summed E-state index contributed by atoms with van der Waals surface area (Å²) in [6, 6.07) is 3.89. The molecule has 0 saturated carbocycles. The minimum atomic E-state index is 0.364. The van der Waals surface area contributed by atoms with Gasteiger partial charge in [-0.25, -0.2) is 9.98 Å². The van der Waals surface area contributed by atoms with Gasteiger partial charge in [0.1, 0.15) is 5.75 Å². The van der Waals surface area contributed by atoms with Gasteiger partial charge in [0.2, 0.25) is 0 Å². The lowest BCUT2D eigenvalue weighted by Crippen LogP contribution is -2.38. The quantitative estimate of drug-likeness (QED) is 0.537. The molecule has 1 aromatic carbocycles. The van der Waals surface area contributed by atoms with E-state index in [2.05, 4.69) is 35.5 Å². The summed E-state index contributed by atoms with van der Waals surface area (Å²) in [5.74, 6) is 1.15. The molecule has 140 valence electrons. The summed E-state index contributed by atoms with van der Waals surface area (Å²) in [5, 5.41) is 18.1. The fourth-order valence-corrected chi connectivity index (χ4v) is 4.16. The van der Waals surface area contributed by atoms with Crippen LogP contribution in [0.2, 0.25) is 0 Å². The van der Waals surface area contributed by atoms with Crippen LogP contribution >= 0.6 is 11.3 Å². The van der Waals surface area contributed by atoms with Crippen molar-refractivity contribution in [2.45, 2.75) is 52.5 Å². The topological polar surface area (TPSA) is 69.5 Å². The average Bonchev–Trinajstić information content (AvgIpc) is 3.06. The van der Waals surface area contributed by atoms with E-state index in [-0.39, 0.29) is 0 Å². The van der Waals surface area contributed by atoms with Crippen LogP contribution in [0.3, 0.4) is 0 Å². The normalized spacial score (nSPS) is 14.2. The number of hydrogen-bond donors (Lipinski definition) is 3. The first-order valence-corrected chi connectivity index (χ1v) is 10.2. The van der Waals surface area contributed by atoms with Gasteiger partial charge in [-0.2, -0.15) is 0 Å². The number of rotatable bonds is 6. The van der Waals surface area contributed by atoms with Crippen molar-refractivity contribution in [1.82, 2.24) is 15.6 Å². The van der Waals surface area contributed by atoms with Gasteiger partial charge in [0.15, 0.2) is 5.96 Å². The number of guanidine groups is 1. The number of aromatic hydroxyl groups is 1. The van der Waals surface area contributed by atoms with E-state index in [0.717, 1.165) is 48.9 Å². The number of benzene rings is 1. The highest BCUT2D eigenvalue weighted by atomic mass is 32.1. The molecule has 0 atom stereocenters. The molecular weight excluding hydrogens is 344 g/mol. The summed E-state index contributed by atoms with van der Waals surface area (Å²) < 4.78 is 0. The zero-order valence-corrected chi connectivity index (χ0v) is 16.5. The van der Waals surface area contributed by atoms with Crippen LogP contribution in [-0.2, 0) is 25.8 Å². The number of aryl methyl sites for hydroxylation is 2. The van der Waals surface area contributed by atoms with Crippen molar-refractivity contribution in [3.05, 3.63) is 44.9 Å². The first-order chi connectivity index (χ1) is 12.7. The smallest absolute Gasteiger partial charge is 0.191 e. The standard InChI is InChI=1S/C20H28N4OS/c1-3-21-20(22-11-10-19-23-12-14(2)26-19)24-13-17-16-7-5-4-6-15(16)8-9-18(17)25/h8-9,12,25H,3-7,10-11,13H2,1-2H3,(H2,21,22,24). The first-order valence-electron chi connectivity index (χ1n) is 9.43. The molecule has 1 aromatic heterocycles. The number of aromatic nitrogens is 1. The third-order valence-corrected chi connectivity index (χ3v) is 5.64. The van der Waals surface area contributed by atoms with E-state index in [0.29, 0.717) is 12.3 Å². The second-order valence-electron chi connectivity index (χ2n) is 6.64. The molecule has 26 heavy (non-hydrogen) atoms. The van der Waals surface area contributed by atoms with Crippen molar-refractivity contribution in [3.8, 4) is 5.75 Å². The van der Waals surface area contributed by atoms with Gasteiger partial charge in [-0.05, 0) is 56.7 Å². The zero-order chi connectivity index (χ0) is 18.4. The molecule has 0 aliphatic heterocycles. The molecule has 2 aromatic rings. The third-order valence-electron chi connectivity index (χ3n) is 4.67. The Balaban J connectivity index is 1.65. The minimum Gasteiger partial charge on any atom is -0.508 e. The number of hydrogen-bond acceptors (Lipinski definition) is 4. The Morgan fingerprint density at radius 2 is 2.12 bits per heavy atom. The molecule has 0 bridgehead atoms. The summed E-state index contributed by atoms with van der Waals surface area (Å²) in [7, 11) is 0. The Hall–Kier alpha value is -2.08. The maximum atomic E-state index is 10.3. The average molecular weight is 373 g/mol. The monoisotopic (exact) mass is 372 g/mol. The Kier molecular flexibility index (Phi) is 6.50. The molecule has 1 aliphatic rings. The van der Waals surface area contributed by atoms with Gasteiger partial charge < -0.3 is 15.7 Å². The van der Waals surface area contributed by atoms with Gasteiger partial charge >= 0.3 is 0 Å². The van der Waals surface area contributed by atoms with Crippen molar-refractivity contribution in [3.63, 3.8) is 0 Å². The molecule has 0 unspecified atom stereocenters. The van der Waals surface area contributed by atoms with E-state index in [4.69, 9.17) is 4.99 Å². The van der Waals surface area contributed by atoms with E-state index in [9.17, 15) is 5.11 Å². The number of phenolic OH excluding ortho intramolecular Hbond substituents is 1. The number of nitrogens with one attached hydrogen (secondary N) is 2. The second kappa shape index (κ2) is 9.03. The molecule has 3 N–H and O–H groups in total. The Bertz CT molecular complexity index is 769. The highest BCUT2D eigenvalue weighted by Gasteiger charge is 2.16. The van der Waals surface area contributed by atoms with Crippen molar-refractivity contribution in [2.75, 3.05) is 13.1 Å². The lowest BCUT2D eigenvalue weighted by molar-refractivity contribution is 0.465. The van der Waals surface area contributed by atoms with Crippen molar-refractivity contribution >= 4 is 17.3 Å². The lowest BCUT2D eigenvalue weighted by atomic mass is 9.88. The van der Waals surface area contributed by atoms with Crippen molar-refractivity contribution in [1.29, 1.82) is 0 Å². The maximum Gasteiger partial charge on any atom is 0.191 e. The number of thiazole rings is 1. The number of fused-ring (bicyclic) bond motifs is 1. The SMILES string of the molecule is CCNC(=NCc1c(O)ccc2c1CCCC2)NCCc1ncc(C)s1. The highest BCUT2D eigenvalue weighted by molar-refractivity contribution is 7.11. The summed E-state index contributed by atoms with van der Waals surface area (Å²) >= 11 is 1.74. The predicted octanol–water partition coefficient (Wildman–Crippen LogP) is 3.33. The van der Waals surface area contributed by atoms with Gasteiger partial charge in [-0.1, -0.05) is 6.07 Å².